The number of fused-ring (bicyclic) bond motifs is 1. The van der Waals surface area contributed by atoms with Crippen molar-refractivity contribution in [3.05, 3.63) is 48.0 Å². The molecule has 114 valence electrons. The van der Waals surface area contributed by atoms with Crippen LogP contribution in [0.4, 0.5) is 0 Å². The summed E-state index contributed by atoms with van der Waals surface area (Å²) < 4.78 is 0. The van der Waals surface area contributed by atoms with Crippen molar-refractivity contribution in [3.63, 3.8) is 0 Å². The average Bonchev–Trinajstić information content (AvgIpc) is 2.50. The molecule has 2 aromatic rings. The van der Waals surface area contributed by atoms with Gasteiger partial charge in [-0.3, -0.25) is 4.79 Å². The van der Waals surface area contributed by atoms with E-state index in [4.69, 9.17) is 0 Å². The molecular formula is C17H23ClN2O. The summed E-state index contributed by atoms with van der Waals surface area (Å²) in [5, 5.41) is 5.48. The fraction of sp³-hybridized carbons (Fsp3) is 0.353. The Bertz CT molecular complexity index is 586. The molecule has 0 aliphatic rings. The van der Waals surface area contributed by atoms with E-state index in [1.807, 2.05) is 31.0 Å². The number of carbonyl (C=O) groups is 1. The van der Waals surface area contributed by atoms with Crippen molar-refractivity contribution in [2.45, 2.75) is 19.9 Å². The first-order valence-corrected chi connectivity index (χ1v) is 7.14. The molecule has 0 aliphatic heterocycles. The molecule has 4 heteroatoms. The Balaban J connectivity index is 0.00000220. The van der Waals surface area contributed by atoms with Crippen molar-refractivity contribution in [1.82, 2.24) is 10.2 Å². The van der Waals surface area contributed by atoms with Gasteiger partial charge in [0.05, 0.1) is 0 Å². The van der Waals surface area contributed by atoms with Crippen LogP contribution in [0.15, 0.2) is 42.5 Å². The van der Waals surface area contributed by atoms with E-state index in [0.29, 0.717) is 13.0 Å². The summed E-state index contributed by atoms with van der Waals surface area (Å²) in [5.41, 5.74) is 1.18. The molecule has 1 N–H and O–H groups in total. The van der Waals surface area contributed by atoms with Crippen LogP contribution in [0.25, 0.3) is 10.8 Å². The third-order valence-electron chi connectivity index (χ3n) is 3.51. The van der Waals surface area contributed by atoms with Crippen molar-refractivity contribution in [2.24, 2.45) is 0 Å². The maximum atomic E-state index is 12.1. The smallest absolute Gasteiger partial charge is 0.224 e. The topological polar surface area (TPSA) is 32.3 Å². The average molecular weight is 307 g/mol. The van der Waals surface area contributed by atoms with Gasteiger partial charge in [0.1, 0.15) is 0 Å². The standard InChI is InChI=1S/C17H22N2O.ClH/c1-3-19(17(20)10-11-18-2)13-14-8-9-15-6-4-5-7-16(15)12-14;/h4-9,12,18H,3,10-11,13H2,1-2H3;1H. The van der Waals surface area contributed by atoms with Crippen molar-refractivity contribution in [3.8, 4) is 0 Å². The third-order valence-corrected chi connectivity index (χ3v) is 3.51. The van der Waals surface area contributed by atoms with Gasteiger partial charge in [0.15, 0.2) is 0 Å². The fourth-order valence-corrected chi connectivity index (χ4v) is 2.32. The summed E-state index contributed by atoms with van der Waals surface area (Å²) in [6, 6.07) is 14.7. The van der Waals surface area contributed by atoms with Gasteiger partial charge < -0.3 is 10.2 Å². The van der Waals surface area contributed by atoms with E-state index in [1.165, 1.54) is 16.3 Å². The van der Waals surface area contributed by atoms with Crippen LogP contribution in [0.1, 0.15) is 18.9 Å². The van der Waals surface area contributed by atoms with Crippen molar-refractivity contribution >= 4 is 29.1 Å². The lowest BCUT2D eigenvalue weighted by molar-refractivity contribution is -0.131. The van der Waals surface area contributed by atoms with Crippen LogP contribution < -0.4 is 5.32 Å². The van der Waals surface area contributed by atoms with Crippen molar-refractivity contribution in [1.29, 1.82) is 0 Å². The quantitative estimate of drug-likeness (QED) is 0.889. The number of nitrogens with zero attached hydrogens (tertiary/aromatic N) is 1. The number of nitrogens with one attached hydrogen (secondary N) is 1. The zero-order valence-electron chi connectivity index (χ0n) is 12.6. The first-order chi connectivity index (χ1) is 9.74. The molecule has 1 amide bonds. The highest BCUT2D eigenvalue weighted by atomic mass is 35.5. The first-order valence-electron chi connectivity index (χ1n) is 7.14. The lowest BCUT2D eigenvalue weighted by Gasteiger charge is -2.21. The highest BCUT2D eigenvalue weighted by Crippen LogP contribution is 2.17. The molecule has 0 aromatic heterocycles. The predicted molar refractivity (Wildman–Crippen MR) is 90.8 cm³/mol. The van der Waals surface area contributed by atoms with Gasteiger partial charge in [-0.2, -0.15) is 0 Å². The highest BCUT2D eigenvalue weighted by Gasteiger charge is 2.11. The zero-order valence-corrected chi connectivity index (χ0v) is 13.5. The summed E-state index contributed by atoms with van der Waals surface area (Å²) in [7, 11) is 1.87. The normalized spacial score (nSPS) is 10.2. The Morgan fingerprint density at radius 3 is 2.52 bits per heavy atom. The summed E-state index contributed by atoms with van der Waals surface area (Å²) in [5.74, 6) is 0.204. The number of carbonyl (C=O) groups excluding carboxylic acids is 1. The van der Waals surface area contributed by atoms with E-state index in [2.05, 4.69) is 35.6 Å². The van der Waals surface area contributed by atoms with E-state index >= 15 is 0 Å². The van der Waals surface area contributed by atoms with Gasteiger partial charge in [0, 0.05) is 26.1 Å². The largest absolute Gasteiger partial charge is 0.339 e. The number of hydrogen-bond acceptors (Lipinski definition) is 2. The van der Waals surface area contributed by atoms with Crippen LogP contribution in [-0.4, -0.2) is 30.9 Å². The third kappa shape index (κ3) is 4.73. The Kier molecular flexibility index (Phi) is 7.20. The summed E-state index contributed by atoms with van der Waals surface area (Å²) in [4.78, 5) is 14.0. The number of benzene rings is 2. The minimum absolute atomic E-state index is 0. The molecule has 0 fully saturated rings. The van der Waals surface area contributed by atoms with E-state index in [0.717, 1.165) is 13.1 Å². The maximum absolute atomic E-state index is 12.1. The van der Waals surface area contributed by atoms with Crippen LogP contribution in [0.2, 0.25) is 0 Å². The lowest BCUT2D eigenvalue weighted by Crippen LogP contribution is -2.32. The molecule has 0 atom stereocenters. The van der Waals surface area contributed by atoms with Crippen LogP contribution in [0.5, 0.6) is 0 Å². The number of hydrogen-bond donors (Lipinski definition) is 1. The van der Waals surface area contributed by atoms with Gasteiger partial charge in [0.2, 0.25) is 5.91 Å². The van der Waals surface area contributed by atoms with Crippen LogP contribution >= 0.6 is 12.4 Å². The fourth-order valence-electron chi connectivity index (χ4n) is 2.32. The van der Waals surface area contributed by atoms with E-state index in [-0.39, 0.29) is 18.3 Å². The van der Waals surface area contributed by atoms with Gasteiger partial charge in [-0.1, -0.05) is 36.4 Å². The minimum Gasteiger partial charge on any atom is -0.339 e. The first kappa shape index (κ1) is 17.5. The van der Waals surface area contributed by atoms with Gasteiger partial charge in [-0.05, 0) is 36.4 Å². The summed E-state index contributed by atoms with van der Waals surface area (Å²) in [6.45, 7) is 4.19. The van der Waals surface area contributed by atoms with E-state index < -0.39 is 0 Å². The number of rotatable bonds is 6. The van der Waals surface area contributed by atoms with Crippen molar-refractivity contribution < 1.29 is 4.79 Å². The SMILES string of the molecule is CCN(Cc1ccc2ccccc2c1)C(=O)CCNC.Cl. The van der Waals surface area contributed by atoms with Crippen LogP contribution in [-0.2, 0) is 11.3 Å². The maximum Gasteiger partial charge on any atom is 0.224 e. The second kappa shape index (κ2) is 8.65. The molecule has 2 rings (SSSR count). The minimum atomic E-state index is 0. The molecule has 0 unspecified atom stereocenters. The molecule has 21 heavy (non-hydrogen) atoms. The molecule has 2 aromatic carbocycles. The molecule has 0 radical (unpaired) electrons. The molecular weight excluding hydrogens is 284 g/mol. The van der Waals surface area contributed by atoms with Crippen LogP contribution in [0, 0.1) is 0 Å². The zero-order chi connectivity index (χ0) is 14.4. The molecule has 0 aliphatic carbocycles. The molecule has 0 spiro atoms. The molecule has 0 saturated heterocycles. The molecule has 0 heterocycles. The van der Waals surface area contributed by atoms with E-state index in [9.17, 15) is 4.79 Å². The van der Waals surface area contributed by atoms with Gasteiger partial charge in [-0.25, -0.2) is 0 Å². The Labute approximate surface area is 132 Å². The molecule has 3 nitrogen and oxygen atoms in total. The number of halogens is 1. The van der Waals surface area contributed by atoms with Gasteiger partial charge >= 0.3 is 0 Å². The van der Waals surface area contributed by atoms with Gasteiger partial charge in [-0.15, -0.1) is 12.4 Å². The van der Waals surface area contributed by atoms with Gasteiger partial charge in [0.25, 0.3) is 0 Å². The Hall–Kier alpha value is -1.58. The Morgan fingerprint density at radius 2 is 1.86 bits per heavy atom. The highest BCUT2D eigenvalue weighted by molar-refractivity contribution is 5.85. The predicted octanol–water partition coefficient (Wildman–Crippen LogP) is 3.22. The summed E-state index contributed by atoms with van der Waals surface area (Å²) in [6.07, 6.45) is 0.553. The summed E-state index contributed by atoms with van der Waals surface area (Å²) >= 11 is 0. The second-order valence-corrected chi connectivity index (χ2v) is 4.94. The monoisotopic (exact) mass is 306 g/mol. The number of amides is 1. The van der Waals surface area contributed by atoms with E-state index in [1.54, 1.807) is 0 Å². The van der Waals surface area contributed by atoms with Crippen LogP contribution in [0.3, 0.4) is 0 Å². The molecule has 0 saturated carbocycles. The second-order valence-electron chi connectivity index (χ2n) is 4.94. The lowest BCUT2D eigenvalue weighted by atomic mass is 10.1. The Morgan fingerprint density at radius 1 is 1.14 bits per heavy atom. The molecule has 0 bridgehead atoms. The van der Waals surface area contributed by atoms with Crippen molar-refractivity contribution in [2.75, 3.05) is 20.1 Å².